The Morgan fingerprint density at radius 3 is 2.67 bits per heavy atom. The molecule has 1 rings (SSSR count). The number of rotatable bonds is 5. The number of hydrogen-bond donors (Lipinski definition) is 3. The highest BCUT2D eigenvalue weighted by Crippen LogP contribution is 2.26. The van der Waals surface area contributed by atoms with E-state index >= 15 is 0 Å². The van der Waals surface area contributed by atoms with Crippen LogP contribution in [-0.2, 0) is 0 Å². The van der Waals surface area contributed by atoms with Gasteiger partial charge in [-0.3, -0.25) is 0 Å². The Bertz CT molecular complexity index is 203. The van der Waals surface area contributed by atoms with Crippen molar-refractivity contribution in [2.24, 2.45) is 10.9 Å². The second kappa shape index (κ2) is 6.95. The van der Waals surface area contributed by atoms with E-state index in [1.807, 2.05) is 11.8 Å². The molecule has 4 nitrogen and oxygen atoms in total. The molecule has 1 saturated carbocycles. The Kier molecular flexibility index (Phi) is 5.86. The molecular formula is C10H21N3OS. The van der Waals surface area contributed by atoms with Gasteiger partial charge < -0.3 is 16.3 Å². The highest BCUT2D eigenvalue weighted by Gasteiger charge is 2.19. The SMILES string of the molecule is CSC1CCC(NCCC(N)=NO)CC1. The lowest BCUT2D eigenvalue weighted by atomic mass is 9.95. The van der Waals surface area contributed by atoms with Crippen LogP contribution in [0.15, 0.2) is 5.16 Å². The summed E-state index contributed by atoms with van der Waals surface area (Å²) >= 11 is 1.98. The fraction of sp³-hybridized carbons (Fsp3) is 0.900. The number of nitrogens with two attached hydrogens (primary N) is 1. The lowest BCUT2D eigenvalue weighted by Crippen LogP contribution is -2.35. The maximum atomic E-state index is 8.37. The number of hydrogen-bond acceptors (Lipinski definition) is 4. The van der Waals surface area contributed by atoms with Gasteiger partial charge in [0.05, 0.1) is 0 Å². The fourth-order valence-electron chi connectivity index (χ4n) is 1.96. The van der Waals surface area contributed by atoms with Crippen molar-refractivity contribution in [2.45, 2.75) is 43.4 Å². The molecule has 0 heterocycles. The minimum Gasteiger partial charge on any atom is -0.409 e. The van der Waals surface area contributed by atoms with Crippen molar-refractivity contribution in [3.63, 3.8) is 0 Å². The van der Waals surface area contributed by atoms with E-state index in [-0.39, 0.29) is 0 Å². The monoisotopic (exact) mass is 231 g/mol. The highest BCUT2D eigenvalue weighted by molar-refractivity contribution is 7.99. The van der Waals surface area contributed by atoms with Gasteiger partial charge in [0.2, 0.25) is 0 Å². The zero-order valence-electron chi connectivity index (χ0n) is 9.28. The van der Waals surface area contributed by atoms with Gasteiger partial charge in [-0.15, -0.1) is 0 Å². The van der Waals surface area contributed by atoms with E-state index in [2.05, 4.69) is 16.7 Å². The topological polar surface area (TPSA) is 70.6 Å². The largest absolute Gasteiger partial charge is 0.409 e. The van der Waals surface area contributed by atoms with Crippen LogP contribution in [0.2, 0.25) is 0 Å². The molecule has 0 atom stereocenters. The lowest BCUT2D eigenvalue weighted by molar-refractivity contribution is 0.316. The molecule has 15 heavy (non-hydrogen) atoms. The molecule has 0 aromatic heterocycles. The quantitative estimate of drug-likeness (QED) is 0.289. The Labute approximate surface area is 95.7 Å². The predicted molar refractivity (Wildman–Crippen MR) is 65.6 cm³/mol. The summed E-state index contributed by atoms with van der Waals surface area (Å²) in [5.74, 6) is 0.306. The fourth-order valence-corrected chi connectivity index (χ4v) is 2.70. The van der Waals surface area contributed by atoms with Gasteiger partial charge in [-0.25, -0.2) is 0 Å². The maximum Gasteiger partial charge on any atom is 0.140 e. The van der Waals surface area contributed by atoms with Crippen molar-refractivity contribution in [1.29, 1.82) is 0 Å². The molecule has 0 bridgehead atoms. The average Bonchev–Trinajstić information content (AvgIpc) is 2.29. The van der Waals surface area contributed by atoms with Crippen LogP contribution in [-0.4, -0.2) is 35.1 Å². The Hall–Kier alpha value is -0.420. The van der Waals surface area contributed by atoms with Crippen molar-refractivity contribution < 1.29 is 5.21 Å². The van der Waals surface area contributed by atoms with Gasteiger partial charge in [0, 0.05) is 24.3 Å². The van der Waals surface area contributed by atoms with Crippen molar-refractivity contribution in [3.05, 3.63) is 0 Å². The summed E-state index contributed by atoms with van der Waals surface area (Å²) in [6.45, 7) is 0.810. The standard InChI is InChI=1S/C10H21N3OS/c1-15-9-4-2-8(3-5-9)12-7-6-10(11)13-14/h8-9,12,14H,2-7H2,1H3,(H2,11,13). The number of nitrogens with zero attached hydrogens (tertiary/aromatic N) is 1. The average molecular weight is 231 g/mol. The first-order chi connectivity index (χ1) is 7.26. The van der Waals surface area contributed by atoms with Crippen molar-refractivity contribution in [3.8, 4) is 0 Å². The van der Waals surface area contributed by atoms with E-state index in [4.69, 9.17) is 10.9 Å². The molecule has 0 aromatic carbocycles. The summed E-state index contributed by atoms with van der Waals surface area (Å²) in [5, 5.41) is 15.6. The van der Waals surface area contributed by atoms with Gasteiger partial charge in [-0.2, -0.15) is 11.8 Å². The summed E-state index contributed by atoms with van der Waals surface area (Å²) in [5.41, 5.74) is 5.39. The molecule has 88 valence electrons. The number of amidine groups is 1. The number of thioether (sulfide) groups is 1. The summed E-state index contributed by atoms with van der Waals surface area (Å²) in [7, 11) is 0. The number of nitrogens with one attached hydrogen (secondary N) is 1. The molecule has 1 aliphatic carbocycles. The molecule has 0 aromatic rings. The molecular weight excluding hydrogens is 210 g/mol. The summed E-state index contributed by atoms with van der Waals surface area (Å²) < 4.78 is 0. The van der Waals surface area contributed by atoms with Crippen LogP contribution in [0.25, 0.3) is 0 Å². The van der Waals surface area contributed by atoms with E-state index < -0.39 is 0 Å². The Balaban J connectivity index is 2.08. The van der Waals surface area contributed by atoms with Crippen LogP contribution >= 0.6 is 11.8 Å². The van der Waals surface area contributed by atoms with Gasteiger partial charge >= 0.3 is 0 Å². The van der Waals surface area contributed by atoms with Crippen LogP contribution < -0.4 is 11.1 Å². The second-order valence-corrected chi connectivity index (χ2v) is 5.14. The molecule has 0 unspecified atom stereocenters. The molecule has 0 radical (unpaired) electrons. The molecule has 4 N–H and O–H groups in total. The first kappa shape index (κ1) is 12.6. The molecule has 0 saturated heterocycles. The molecule has 5 heteroatoms. The van der Waals surface area contributed by atoms with Crippen molar-refractivity contribution in [2.75, 3.05) is 12.8 Å². The summed E-state index contributed by atoms with van der Waals surface area (Å²) in [4.78, 5) is 0. The molecule has 0 spiro atoms. The van der Waals surface area contributed by atoms with Gasteiger partial charge in [-0.1, -0.05) is 5.16 Å². The second-order valence-electron chi connectivity index (χ2n) is 4.00. The Morgan fingerprint density at radius 1 is 1.47 bits per heavy atom. The third-order valence-electron chi connectivity index (χ3n) is 2.95. The highest BCUT2D eigenvalue weighted by atomic mass is 32.2. The van der Waals surface area contributed by atoms with Gasteiger partial charge in [0.1, 0.15) is 5.84 Å². The summed E-state index contributed by atoms with van der Waals surface area (Å²) in [6, 6.07) is 0.625. The van der Waals surface area contributed by atoms with Crippen LogP contribution in [0.3, 0.4) is 0 Å². The Morgan fingerprint density at radius 2 is 2.13 bits per heavy atom. The van der Waals surface area contributed by atoms with Gasteiger partial charge in [0.15, 0.2) is 0 Å². The van der Waals surface area contributed by atoms with Crippen molar-refractivity contribution >= 4 is 17.6 Å². The van der Waals surface area contributed by atoms with E-state index in [0.717, 1.165) is 11.8 Å². The molecule has 0 aliphatic heterocycles. The van der Waals surface area contributed by atoms with E-state index in [1.54, 1.807) is 0 Å². The third kappa shape index (κ3) is 4.75. The maximum absolute atomic E-state index is 8.37. The predicted octanol–water partition coefficient (Wildman–Crippen LogP) is 1.39. The van der Waals surface area contributed by atoms with E-state index in [0.29, 0.717) is 18.3 Å². The first-order valence-corrected chi connectivity index (χ1v) is 6.77. The normalized spacial score (nSPS) is 27.9. The molecule has 1 aliphatic rings. The molecule has 0 amide bonds. The van der Waals surface area contributed by atoms with Gasteiger partial charge in [-0.05, 0) is 31.9 Å². The third-order valence-corrected chi connectivity index (χ3v) is 4.09. The van der Waals surface area contributed by atoms with Crippen LogP contribution in [0.4, 0.5) is 0 Å². The first-order valence-electron chi connectivity index (χ1n) is 5.49. The molecule has 1 fully saturated rings. The van der Waals surface area contributed by atoms with Crippen molar-refractivity contribution in [1.82, 2.24) is 5.32 Å². The minimum absolute atomic E-state index is 0.306. The van der Waals surface area contributed by atoms with Gasteiger partial charge in [0.25, 0.3) is 0 Å². The summed E-state index contributed by atoms with van der Waals surface area (Å²) in [6.07, 6.45) is 7.93. The minimum atomic E-state index is 0.306. The smallest absolute Gasteiger partial charge is 0.140 e. The van der Waals surface area contributed by atoms with Crippen LogP contribution in [0, 0.1) is 0 Å². The number of oxime groups is 1. The zero-order valence-corrected chi connectivity index (χ0v) is 10.1. The van der Waals surface area contributed by atoms with E-state index in [9.17, 15) is 0 Å². The van der Waals surface area contributed by atoms with Crippen LogP contribution in [0.1, 0.15) is 32.1 Å². The van der Waals surface area contributed by atoms with Crippen LogP contribution in [0.5, 0.6) is 0 Å². The lowest BCUT2D eigenvalue weighted by Gasteiger charge is -2.28. The van der Waals surface area contributed by atoms with E-state index in [1.165, 1.54) is 25.7 Å². The zero-order chi connectivity index (χ0) is 11.1.